The number of oxazole rings is 1. The number of fused-ring (bicyclic) bond motifs is 1. The van der Waals surface area contributed by atoms with Crippen LogP contribution in [0.2, 0.25) is 0 Å². The number of carboxylic acids is 1. The molecule has 36 heavy (non-hydrogen) atoms. The predicted molar refractivity (Wildman–Crippen MR) is 131 cm³/mol. The van der Waals surface area contributed by atoms with Crippen molar-refractivity contribution in [2.75, 3.05) is 6.61 Å². The topological polar surface area (TPSA) is 72.6 Å². The van der Waals surface area contributed by atoms with E-state index in [1.807, 2.05) is 43.3 Å². The number of aromatic nitrogens is 1. The highest BCUT2D eigenvalue weighted by atomic mass is 19.1. The Kier molecular flexibility index (Phi) is 6.55. The number of hydrogen-bond acceptors (Lipinski definition) is 4. The van der Waals surface area contributed by atoms with Gasteiger partial charge in [0.1, 0.15) is 23.1 Å². The lowest BCUT2D eigenvalue weighted by Gasteiger charge is -2.17. The van der Waals surface area contributed by atoms with Gasteiger partial charge in [-0.05, 0) is 78.8 Å². The third kappa shape index (κ3) is 4.87. The van der Waals surface area contributed by atoms with Crippen LogP contribution < -0.4 is 4.74 Å². The van der Waals surface area contributed by atoms with Crippen LogP contribution in [0.1, 0.15) is 41.3 Å². The van der Waals surface area contributed by atoms with Gasteiger partial charge >= 0.3 is 5.97 Å². The molecule has 0 radical (unpaired) electrons. The lowest BCUT2D eigenvalue weighted by molar-refractivity contribution is -0.137. The summed E-state index contributed by atoms with van der Waals surface area (Å²) in [4.78, 5) is 16.0. The van der Waals surface area contributed by atoms with Gasteiger partial charge in [-0.2, -0.15) is 0 Å². The Labute approximate surface area is 207 Å². The summed E-state index contributed by atoms with van der Waals surface area (Å²) >= 11 is 0. The maximum Gasteiger partial charge on any atom is 0.303 e. The van der Waals surface area contributed by atoms with Crippen molar-refractivity contribution in [2.24, 2.45) is 0 Å². The molecular weight excluding hydrogens is 464 g/mol. The molecular formula is C29H25F2NO4. The minimum atomic E-state index is -0.906. The van der Waals surface area contributed by atoms with Gasteiger partial charge in [0.15, 0.2) is 0 Å². The molecule has 4 aromatic rings. The second-order valence-corrected chi connectivity index (χ2v) is 8.99. The highest BCUT2D eigenvalue weighted by Crippen LogP contribution is 2.44. The number of halogens is 2. The molecule has 0 saturated carbocycles. The van der Waals surface area contributed by atoms with Crippen molar-refractivity contribution in [1.29, 1.82) is 0 Å². The smallest absolute Gasteiger partial charge is 0.303 e. The quantitative estimate of drug-likeness (QED) is 0.297. The number of aryl methyl sites for hydroxylation is 2. The Bertz CT molecular complexity index is 1410. The largest absolute Gasteiger partial charge is 0.493 e. The first-order valence-corrected chi connectivity index (χ1v) is 11.9. The third-order valence-electron chi connectivity index (χ3n) is 6.57. The summed E-state index contributed by atoms with van der Waals surface area (Å²) in [6, 6.07) is 16.7. The molecule has 1 heterocycles. The van der Waals surface area contributed by atoms with E-state index in [9.17, 15) is 18.7 Å². The second kappa shape index (κ2) is 9.93. The molecule has 5 rings (SSSR count). The minimum absolute atomic E-state index is 0.0435. The molecule has 0 amide bonds. The number of benzene rings is 3. The van der Waals surface area contributed by atoms with Crippen molar-refractivity contribution >= 4 is 5.97 Å². The SMILES string of the molecule is Cc1oc(-c2ccccc2)nc1CCOc1cc2c(c(-c3ccc(F)cc3F)c1)C(CC(=O)O)CC2. The zero-order valence-corrected chi connectivity index (χ0v) is 19.8. The predicted octanol–water partition coefficient (Wildman–Crippen LogP) is 6.72. The summed E-state index contributed by atoms with van der Waals surface area (Å²) in [6.07, 6.45) is 1.80. The van der Waals surface area contributed by atoms with Crippen molar-refractivity contribution in [3.05, 3.63) is 94.9 Å². The standard InChI is InChI=1S/C29H25F2NO4/c1-17-26(32-29(36-17)18-5-3-2-4-6-18)11-12-35-22-13-19-7-8-20(14-27(33)34)28(19)24(16-22)23-10-9-21(30)15-25(23)31/h2-6,9-10,13,15-16,20H,7-8,11-12,14H2,1H3,(H,33,34). The zero-order valence-electron chi connectivity index (χ0n) is 19.8. The number of carbonyl (C=O) groups is 1. The summed E-state index contributed by atoms with van der Waals surface area (Å²) in [5, 5.41) is 9.37. The normalized spacial score (nSPS) is 14.6. The van der Waals surface area contributed by atoms with Crippen LogP contribution in [0.3, 0.4) is 0 Å². The van der Waals surface area contributed by atoms with E-state index >= 15 is 0 Å². The third-order valence-corrected chi connectivity index (χ3v) is 6.57. The van der Waals surface area contributed by atoms with Crippen LogP contribution in [0, 0.1) is 18.6 Å². The average Bonchev–Trinajstić information content (AvgIpc) is 3.42. The van der Waals surface area contributed by atoms with Crippen LogP contribution in [0.15, 0.2) is 65.1 Å². The summed E-state index contributed by atoms with van der Waals surface area (Å²) in [5.74, 6) is -0.678. The van der Waals surface area contributed by atoms with E-state index in [2.05, 4.69) is 4.98 Å². The number of ether oxygens (including phenoxy) is 1. The molecule has 5 nitrogen and oxygen atoms in total. The highest BCUT2D eigenvalue weighted by molar-refractivity contribution is 5.75. The van der Waals surface area contributed by atoms with Crippen molar-refractivity contribution in [3.63, 3.8) is 0 Å². The number of aliphatic carboxylic acids is 1. The maximum absolute atomic E-state index is 14.8. The van der Waals surface area contributed by atoms with Crippen molar-refractivity contribution in [2.45, 2.75) is 38.5 Å². The molecule has 3 aromatic carbocycles. The average molecular weight is 490 g/mol. The molecule has 0 aliphatic heterocycles. The first kappa shape index (κ1) is 23.7. The van der Waals surface area contributed by atoms with Gasteiger partial charge in [0.25, 0.3) is 0 Å². The van der Waals surface area contributed by atoms with Gasteiger partial charge in [-0.3, -0.25) is 4.79 Å². The summed E-state index contributed by atoms with van der Waals surface area (Å²) in [6.45, 7) is 2.19. The highest BCUT2D eigenvalue weighted by Gasteiger charge is 2.29. The van der Waals surface area contributed by atoms with Crippen LogP contribution in [0.25, 0.3) is 22.6 Å². The number of rotatable bonds is 8. The van der Waals surface area contributed by atoms with E-state index in [0.29, 0.717) is 43.1 Å². The lowest BCUT2D eigenvalue weighted by Crippen LogP contribution is -2.06. The molecule has 0 spiro atoms. The summed E-state index contributed by atoms with van der Waals surface area (Å²) in [5.41, 5.74) is 4.20. The van der Waals surface area contributed by atoms with Gasteiger partial charge < -0.3 is 14.3 Å². The van der Waals surface area contributed by atoms with Gasteiger partial charge in [-0.1, -0.05) is 18.2 Å². The van der Waals surface area contributed by atoms with Gasteiger partial charge in [0.2, 0.25) is 5.89 Å². The van der Waals surface area contributed by atoms with Crippen molar-refractivity contribution in [3.8, 4) is 28.3 Å². The van der Waals surface area contributed by atoms with E-state index in [1.54, 1.807) is 6.07 Å². The van der Waals surface area contributed by atoms with Crippen LogP contribution in [0.5, 0.6) is 5.75 Å². The van der Waals surface area contributed by atoms with Crippen molar-refractivity contribution in [1.82, 2.24) is 4.98 Å². The Hall–Kier alpha value is -4.00. The lowest BCUT2D eigenvalue weighted by atomic mass is 9.89. The van der Waals surface area contributed by atoms with E-state index in [1.165, 1.54) is 12.1 Å². The van der Waals surface area contributed by atoms with Gasteiger partial charge in [0.05, 0.1) is 18.7 Å². The number of carboxylic acid groups (broad SMARTS) is 1. The Morgan fingerprint density at radius 1 is 1.11 bits per heavy atom. The molecule has 184 valence electrons. The first-order valence-electron chi connectivity index (χ1n) is 11.9. The molecule has 1 unspecified atom stereocenters. The Morgan fingerprint density at radius 3 is 2.67 bits per heavy atom. The van der Waals surface area contributed by atoms with Gasteiger partial charge in [-0.15, -0.1) is 0 Å². The van der Waals surface area contributed by atoms with E-state index in [4.69, 9.17) is 9.15 Å². The fraction of sp³-hybridized carbons (Fsp3) is 0.241. The molecule has 1 aliphatic rings. The van der Waals surface area contributed by atoms with Crippen LogP contribution >= 0.6 is 0 Å². The summed E-state index contributed by atoms with van der Waals surface area (Å²) in [7, 11) is 0. The monoisotopic (exact) mass is 489 g/mol. The van der Waals surface area contributed by atoms with E-state index in [0.717, 1.165) is 34.2 Å². The molecule has 0 saturated heterocycles. The van der Waals surface area contributed by atoms with Gasteiger partial charge in [-0.25, -0.2) is 13.8 Å². The van der Waals surface area contributed by atoms with Crippen molar-refractivity contribution < 1.29 is 27.8 Å². The van der Waals surface area contributed by atoms with Crippen LogP contribution in [-0.2, 0) is 17.6 Å². The molecule has 0 fully saturated rings. The molecule has 1 aromatic heterocycles. The fourth-order valence-corrected chi connectivity index (χ4v) is 4.91. The summed E-state index contributed by atoms with van der Waals surface area (Å²) < 4.78 is 40.2. The molecule has 1 N–H and O–H groups in total. The minimum Gasteiger partial charge on any atom is -0.493 e. The molecule has 1 atom stereocenters. The maximum atomic E-state index is 14.8. The number of hydrogen-bond donors (Lipinski definition) is 1. The number of nitrogens with zero attached hydrogens (tertiary/aromatic N) is 1. The van der Waals surface area contributed by atoms with Crippen LogP contribution in [-0.4, -0.2) is 22.7 Å². The first-order chi connectivity index (χ1) is 17.4. The van der Waals surface area contributed by atoms with E-state index in [-0.39, 0.29) is 17.9 Å². The molecule has 1 aliphatic carbocycles. The zero-order chi connectivity index (χ0) is 25.2. The Balaban J connectivity index is 1.40. The fourth-order valence-electron chi connectivity index (χ4n) is 4.91. The second-order valence-electron chi connectivity index (χ2n) is 8.99. The van der Waals surface area contributed by atoms with Crippen LogP contribution in [0.4, 0.5) is 8.78 Å². The Morgan fingerprint density at radius 2 is 1.92 bits per heavy atom. The van der Waals surface area contributed by atoms with Gasteiger partial charge in [0, 0.05) is 23.6 Å². The van der Waals surface area contributed by atoms with E-state index < -0.39 is 17.6 Å². The molecule has 0 bridgehead atoms. The molecule has 7 heteroatoms.